The summed E-state index contributed by atoms with van der Waals surface area (Å²) < 4.78 is 40.8. The van der Waals surface area contributed by atoms with Crippen LogP contribution in [0.1, 0.15) is 14.5 Å². The summed E-state index contributed by atoms with van der Waals surface area (Å²) >= 11 is 0. The number of para-hydroxylation sites is 1. The molecule has 1 aliphatic heterocycles. The van der Waals surface area contributed by atoms with E-state index in [1.54, 1.807) is 0 Å². The van der Waals surface area contributed by atoms with Gasteiger partial charge in [-0.1, -0.05) is 12.1 Å². The first-order valence-electron chi connectivity index (χ1n) is 6.73. The van der Waals surface area contributed by atoms with Gasteiger partial charge in [0.2, 0.25) is 0 Å². The molecule has 1 heterocycles. The van der Waals surface area contributed by atoms with E-state index in [4.69, 9.17) is 18.4 Å². The van der Waals surface area contributed by atoms with Crippen LogP contribution in [0.5, 0.6) is 11.5 Å². The highest BCUT2D eigenvalue weighted by atomic mass is 16.6. The van der Waals surface area contributed by atoms with Gasteiger partial charge in [0.05, 0.1) is 0 Å². The van der Waals surface area contributed by atoms with Crippen molar-refractivity contribution >= 4 is 0 Å². The molecule has 0 radical (unpaired) electrons. The largest absolute Gasteiger partial charge is 0.486 e. The highest BCUT2D eigenvalue weighted by Gasteiger charge is 2.11. The van der Waals surface area contributed by atoms with E-state index in [2.05, 4.69) is 0 Å². The van der Waals surface area contributed by atoms with Crippen LogP contribution in [-0.4, -0.2) is 13.2 Å². The molecule has 0 aliphatic carbocycles. The smallest absolute Gasteiger partial charge is 0.164 e. The van der Waals surface area contributed by atoms with Crippen LogP contribution in [-0.2, 0) is 0 Å². The molecule has 0 aromatic heterocycles. The van der Waals surface area contributed by atoms with Crippen LogP contribution in [0.25, 0.3) is 0 Å². The Morgan fingerprint density at radius 1 is 1.36 bits per heavy atom. The van der Waals surface area contributed by atoms with Gasteiger partial charge in [-0.25, -0.2) is 0 Å². The lowest BCUT2D eigenvalue weighted by atomic mass is 10.2. The predicted molar refractivity (Wildman–Crippen MR) is 48.5 cm³/mol. The molecular weight excluding hydrogens is 140 g/mol. The molecule has 64 valence electrons. The molecule has 0 fully saturated rings. The van der Waals surface area contributed by atoms with Crippen molar-refractivity contribution < 1.29 is 18.4 Å². The Bertz CT molecular complexity index is 284. The Morgan fingerprint density at radius 3 is 3.00 bits per heavy atom. The molecule has 2 rings (SSSR count). The van der Waals surface area contributed by atoms with Gasteiger partial charge in [0.15, 0.2) is 11.5 Å². The zero-order valence-corrected chi connectivity index (χ0v) is 6.46. The van der Waals surface area contributed by atoms with Crippen molar-refractivity contribution in [3.8, 4) is 11.5 Å². The Labute approximate surface area is 75.0 Å². The lowest BCUT2D eigenvalue weighted by Gasteiger charge is -2.19. The number of rotatable bonds is 0. The summed E-state index contributed by atoms with van der Waals surface area (Å²) in [5.41, 5.74) is 1.14. The number of aryl methyl sites for hydroxylation is 1. The minimum atomic E-state index is 0.663. The van der Waals surface area contributed by atoms with Gasteiger partial charge in [-0.2, -0.15) is 0 Å². The third kappa shape index (κ3) is 1.04. The second-order valence-corrected chi connectivity index (χ2v) is 2.60. The normalized spacial score (nSPS) is 16.8. The molecule has 2 heteroatoms. The molecule has 1 aromatic rings. The van der Waals surface area contributed by atoms with Crippen LogP contribution < -0.4 is 9.47 Å². The second-order valence-electron chi connectivity index (χ2n) is 2.60. The van der Waals surface area contributed by atoms with E-state index in [0.717, 1.165) is 17.1 Å². The maximum Gasteiger partial charge on any atom is 0.164 e. The van der Waals surface area contributed by atoms with Crippen LogP contribution >= 0.6 is 0 Å². The van der Waals surface area contributed by atoms with Crippen molar-refractivity contribution in [2.75, 3.05) is 13.2 Å². The molecule has 0 atom stereocenters. The average Bonchev–Trinajstić information content (AvgIpc) is 2.46. The number of fused-ring (bicyclic) bond motifs is 1. The summed E-state index contributed by atoms with van der Waals surface area (Å²) in [4.78, 5) is 0. The number of hydrogen-bond donors (Lipinski definition) is 0. The van der Waals surface area contributed by atoms with E-state index in [1.807, 2.05) is 25.1 Å². The first-order chi connectivity index (χ1) is 8.38. The molecule has 0 saturated heterocycles. The third-order valence-corrected chi connectivity index (χ3v) is 1.76. The van der Waals surface area contributed by atoms with Gasteiger partial charge in [0, 0.05) is 8.91 Å². The summed E-state index contributed by atoms with van der Waals surface area (Å²) in [7, 11) is 0. The number of hydrogen-bond acceptors (Lipinski definition) is 2. The van der Waals surface area contributed by atoms with Gasteiger partial charge in [0.25, 0.3) is 0 Å². The van der Waals surface area contributed by atoms with Crippen LogP contribution in [0.3, 0.4) is 0 Å². The van der Waals surface area contributed by atoms with Gasteiger partial charge in [-0.05, 0) is 18.6 Å². The topological polar surface area (TPSA) is 18.5 Å². The summed E-state index contributed by atoms with van der Waals surface area (Å²) in [6.07, 6.45) is 0. The van der Waals surface area contributed by atoms with Crippen molar-refractivity contribution in [2.24, 2.45) is 0 Å². The second kappa shape index (κ2) is 2.46. The molecule has 0 unspecified atom stereocenters. The van der Waals surface area contributed by atoms with Gasteiger partial charge in [-0.3, -0.25) is 0 Å². The zero-order valence-electron chi connectivity index (χ0n) is 12.5. The van der Waals surface area contributed by atoms with Crippen molar-refractivity contribution in [3.63, 3.8) is 0 Å². The fourth-order valence-corrected chi connectivity index (χ4v) is 1.22. The Kier molecular flexibility index (Phi) is 0.893. The summed E-state index contributed by atoms with van der Waals surface area (Å²) in [6, 6.07) is 5.93. The maximum absolute atomic E-state index is 5.43. The first kappa shape index (κ1) is 4.00. The molecule has 1 aliphatic rings. The molecular formula is C9H16O2. The molecule has 0 spiro atoms. The van der Waals surface area contributed by atoms with Crippen molar-refractivity contribution in [2.45, 2.75) is 6.92 Å². The van der Waals surface area contributed by atoms with E-state index in [1.165, 1.54) is 0 Å². The van der Waals surface area contributed by atoms with E-state index in [-0.39, 0.29) is 0 Å². The Morgan fingerprint density at radius 2 is 2.18 bits per heavy atom. The van der Waals surface area contributed by atoms with Crippen molar-refractivity contribution in [3.05, 3.63) is 23.8 Å². The van der Waals surface area contributed by atoms with Gasteiger partial charge in [-0.15, -0.1) is 0 Å². The zero-order chi connectivity index (χ0) is 13.7. The minimum absolute atomic E-state index is 0.663. The van der Waals surface area contributed by atoms with Crippen LogP contribution in [0.4, 0.5) is 0 Å². The molecule has 0 bridgehead atoms. The van der Waals surface area contributed by atoms with E-state index in [0.29, 0.717) is 13.2 Å². The molecule has 11 heavy (non-hydrogen) atoms. The van der Waals surface area contributed by atoms with Gasteiger partial charge < -0.3 is 9.47 Å². The monoisotopic (exact) mass is 162 g/mol. The SMILES string of the molecule is Cc1cccc2c1OCCO2.[2H][2H].[2H][2H].[2H][2H]. The number of benzene rings is 1. The maximum atomic E-state index is 5.43. The average molecular weight is 162 g/mol. The summed E-state index contributed by atoms with van der Waals surface area (Å²) in [6.45, 7) is 3.35. The lowest BCUT2D eigenvalue weighted by Crippen LogP contribution is -2.15. The first-order valence-corrected chi connectivity index (χ1v) is 3.73. The quantitative estimate of drug-likeness (QED) is 0.583. The van der Waals surface area contributed by atoms with Gasteiger partial charge in [0.1, 0.15) is 13.2 Å². The minimum Gasteiger partial charge on any atom is -0.486 e. The highest BCUT2D eigenvalue weighted by Crippen LogP contribution is 2.32. The van der Waals surface area contributed by atoms with E-state index in [9.17, 15) is 0 Å². The molecule has 0 amide bonds. The third-order valence-electron chi connectivity index (χ3n) is 1.76. The lowest BCUT2D eigenvalue weighted by molar-refractivity contribution is 0.170. The molecule has 2 nitrogen and oxygen atoms in total. The van der Waals surface area contributed by atoms with E-state index >= 15 is 0 Å². The van der Waals surface area contributed by atoms with Crippen molar-refractivity contribution in [1.29, 1.82) is 0 Å². The molecule has 0 N–H and O–H groups in total. The standard InChI is InChI=1S/C9H10O2.3H2/c1-7-3-2-4-8-9(7)11-6-5-10-8;;;/h2-4H,5-6H2,1H3;3*1H/i;3*1+1D. The highest BCUT2D eigenvalue weighted by molar-refractivity contribution is 5.46. The van der Waals surface area contributed by atoms with E-state index < -0.39 is 0 Å². The Balaban J connectivity index is 0. The summed E-state index contributed by atoms with van der Waals surface area (Å²) in [5.74, 6) is 1.77. The fourth-order valence-electron chi connectivity index (χ4n) is 1.22. The Hall–Kier alpha value is -1.18. The molecule has 0 saturated carbocycles. The van der Waals surface area contributed by atoms with Crippen LogP contribution in [0.15, 0.2) is 18.2 Å². The molecule has 1 aromatic carbocycles. The summed E-state index contributed by atoms with van der Waals surface area (Å²) in [5, 5.41) is 0. The van der Waals surface area contributed by atoms with Crippen molar-refractivity contribution in [1.82, 2.24) is 0 Å². The fraction of sp³-hybridized carbons (Fsp3) is 0.333. The van der Waals surface area contributed by atoms with Gasteiger partial charge >= 0.3 is 0 Å². The number of ether oxygens (including phenoxy) is 2. The van der Waals surface area contributed by atoms with Crippen LogP contribution in [0, 0.1) is 6.92 Å². The predicted octanol–water partition coefficient (Wildman–Crippen LogP) is 2.50. The van der Waals surface area contributed by atoms with Crippen LogP contribution in [0.2, 0.25) is 0 Å².